The summed E-state index contributed by atoms with van der Waals surface area (Å²) in [6.07, 6.45) is 3.59. The average molecular weight is 439 g/mol. The number of carbonyl (C=O) groups is 2. The molecule has 5 rings (SSSR count). The summed E-state index contributed by atoms with van der Waals surface area (Å²) in [5.74, 6) is 0.897. The molecule has 0 spiro atoms. The van der Waals surface area contributed by atoms with Crippen molar-refractivity contribution in [2.24, 2.45) is 0 Å². The van der Waals surface area contributed by atoms with Gasteiger partial charge in [-0.25, -0.2) is 4.98 Å². The number of thiazole rings is 1. The second kappa shape index (κ2) is 8.80. The first-order valence-corrected chi connectivity index (χ1v) is 11.7. The largest absolute Gasteiger partial charge is 0.459 e. The number of piperazine rings is 1. The van der Waals surface area contributed by atoms with Gasteiger partial charge in [0.25, 0.3) is 5.91 Å². The SMILES string of the molecule is O=C(CN1CCC(c2nc3ccccc3s2)CC1)N1CCN(C(=O)c2ccco2)CC1. The van der Waals surface area contributed by atoms with Crippen LogP contribution < -0.4 is 0 Å². The fourth-order valence-corrected chi connectivity index (χ4v) is 5.55. The van der Waals surface area contributed by atoms with Crippen molar-refractivity contribution in [3.05, 3.63) is 53.4 Å². The van der Waals surface area contributed by atoms with E-state index in [-0.39, 0.29) is 11.8 Å². The van der Waals surface area contributed by atoms with Crippen LogP contribution in [0.1, 0.15) is 34.3 Å². The molecule has 4 heterocycles. The van der Waals surface area contributed by atoms with Crippen LogP contribution in [0.5, 0.6) is 0 Å². The molecule has 0 bridgehead atoms. The molecule has 2 saturated heterocycles. The van der Waals surface area contributed by atoms with Gasteiger partial charge in [0.2, 0.25) is 5.91 Å². The molecule has 0 N–H and O–H groups in total. The van der Waals surface area contributed by atoms with Gasteiger partial charge >= 0.3 is 0 Å². The molecule has 2 aliphatic rings. The van der Waals surface area contributed by atoms with Crippen molar-refractivity contribution in [1.82, 2.24) is 19.7 Å². The van der Waals surface area contributed by atoms with E-state index in [0.29, 0.717) is 44.4 Å². The van der Waals surface area contributed by atoms with Gasteiger partial charge in [-0.05, 0) is 50.2 Å². The molecule has 1 aromatic carbocycles. The Hall–Kier alpha value is -2.71. The minimum atomic E-state index is -0.103. The van der Waals surface area contributed by atoms with E-state index < -0.39 is 0 Å². The third-order valence-corrected chi connectivity index (χ3v) is 7.46. The van der Waals surface area contributed by atoms with E-state index in [9.17, 15) is 9.59 Å². The fraction of sp³-hybridized carbons (Fsp3) is 0.435. The topological polar surface area (TPSA) is 69.9 Å². The van der Waals surface area contributed by atoms with Crippen LogP contribution >= 0.6 is 11.3 Å². The Morgan fingerprint density at radius 2 is 1.71 bits per heavy atom. The van der Waals surface area contributed by atoms with Crippen molar-refractivity contribution in [3.8, 4) is 0 Å². The van der Waals surface area contributed by atoms with Crippen LogP contribution in [0.25, 0.3) is 10.2 Å². The van der Waals surface area contributed by atoms with Crippen LogP contribution in [0, 0.1) is 0 Å². The van der Waals surface area contributed by atoms with E-state index in [1.54, 1.807) is 28.4 Å². The van der Waals surface area contributed by atoms with E-state index in [2.05, 4.69) is 23.1 Å². The maximum Gasteiger partial charge on any atom is 0.289 e. The van der Waals surface area contributed by atoms with Gasteiger partial charge in [0, 0.05) is 32.1 Å². The number of piperidine rings is 1. The summed E-state index contributed by atoms with van der Waals surface area (Å²) in [7, 11) is 0. The predicted octanol–water partition coefficient (Wildman–Crippen LogP) is 3.05. The Labute approximate surface area is 185 Å². The molecule has 0 radical (unpaired) electrons. The van der Waals surface area contributed by atoms with Crippen LogP contribution in [0.3, 0.4) is 0 Å². The minimum absolute atomic E-state index is 0.103. The summed E-state index contributed by atoms with van der Waals surface area (Å²) in [4.78, 5) is 35.9. The lowest BCUT2D eigenvalue weighted by molar-refractivity contribution is -0.134. The van der Waals surface area contributed by atoms with E-state index in [1.807, 2.05) is 11.0 Å². The number of benzene rings is 1. The number of nitrogens with zero attached hydrogens (tertiary/aromatic N) is 4. The standard InChI is InChI=1S/C23H26N4O3S/c28-21(26-11-13-27(14-12-26)23(29)19-5-3-15-30-19)16-25-9-7-17(8-10-25)22-24-18-4-1-2-6-20(18)31-22/h1-6,15,17H,7-14,16H2. The van der Waals surface area contributed by atoms with Gasteiger partial charge in [-0.2, -0.15) is 0 Å². The molecular weight excluding hydrogens is 412 g/mol. The van der Waals surface area contributed by atoms with Crippen LogP contribution in [0.4, 0.5) is 0 Å². The quantitative estimate of drug-likeness (QED) is 0.626. The number of amides is 2. The molecule has 3 aromatic rings. The highest BCUT2D eigenvalue weighted by molar-refractivity contribution is 7.18. The van der Waals surface area contributed by atoms with E-state index in [1.165, 1.54) is 16.0 Å². The third kappa shape index (κ3) is 4.36. The van der Waals surface area contributed by atoms with Crippen LogP contribution in [0.15, 0.2) is 47.1 Å². The van der Waals surface area contributed by atoms with Crippen LogP contribution in [-0.4, -0.2) is 77.3 Å². The zero-order valence-electron chi connectivity index (χ0n) is 17.4. The number of para-hydroxylation sites is 1. The first-order chi connectivity index (χ1) is 15.2. The molecular formula is C23H26N4O3S. The summed E-state index contributed by atoms with van der Waals surface area (Å²) < 4.78 is 6.45. The predicted molar refractivity (Wildman–Crippen MR) is 119 cm³/mol. The van der Waals surface area contributed by atoms with Crippen molar-refractivity contribution >= 4 is 33.4 Å². The van der Waals surface area contributed by atoms with Crippen LogP contribution in [-0.2, 0) is 4.79 Å². The smallest absolute Gasteiger partial charge is 0.289 e. The number of furan rings is 1. The third-order valence-electron chi connectivity index (χ3n) is 6.26. The van der Waals surface area contributed by atoms with Gasteiger partial charge in [-0.15, -0.1) is 11.3 Å². The molecule has 7 nitrogen and oxygen atoms in total. The second-order valence-corrected chi connectivity index (χ2v) is 9.28. The zero-order chi connectivity index (χ0) is 21.2. The minimum Gasteiger partial charge on any atom is -0.459 e. The zero-order valence-corrected chi connectivity index (χ0v) is 18.2. The van der Waals surface area contributed by atoms with Crippen molar-refractivity contribution in [2.75, 3.05) is 45.8 Å². The van der Waals surface area contributed by atoms with E-state index in [0.717, 1.165) is 31.4 Å². The molecule has 0 aliphatic carbocycles. The van der Waals surface area contributed by atoms with Crippen molar-refractivity contribution in [3.63, 3.8) is 0 Å². The Kier molecular flexibility index (Phi) is 5.74. The summed E-state index contributed by atoms with van der Waals surface area (Å²) >= 11 is 1.80. The van der Waals surface area contributed by atoms with Gasteiger partial charge in [0.15, 0.2) is 5.76 Å². The first kappa shape index (κ1) is 20.2. The number of hydrogen-bond donors (Lipinski definition) is 0. The van der Waals surface area contributed by atoms with E-state index >= 15 is 0 Å². The monoisotopic (exact) mass is 438 g/mol. The lowest BCUT2D eigenvalue weighted by Gasteiger charge is -2.36. The number of hydrogen-bond acceptors (Lipinski definition) is 6. The molecule has 2 aliphatic heterocycles. The summed E-state index contributed by atoms with van der Waals surface area (Å²) in [6.45, 7) is 4.54. The second-order valence-electron chi connectivity index (χ2n) is 8.22. The molecule has 31 heavy (non-hydrogen) atoms. The summed E-state index contributed by atoms with van der Waals surface area (Å²) in [6, 6.07) is 11.7. The molecule has 2 amide bonds. The van der Waals surface area contributed by atoms with Gasteiger partial charge < -0.3 is 14.2 Å². The Morgan fingerprint density at radius 1 is 0.968 bits per heavy atom. The summed E-state index contributed by atoms with van der Waals surface area (Å²) in [5, 5.41) is 1.23. The highest BCUT2D eigenvalue weighted by atomic mass is 32.1. The fourth-order valence-electron chi connectivity index (χ4n) is 4.41. The lowest BCUT2D eigenvalue weighted by Crippen LogP contribution is -2.53. The number of aromatic nitrogens is 1. The summed E-state index contributed by atoms with van der Waals surface area (Å²) in [5.41, 5.74) is 1.09. The molecule has 0 unspecified atom stereocenters. The van der Waals surface area contributed by atoms with Crippen molar-refractivity contribution < 1.29 is 14.0 Å². The first-order valence-electron chi connectivity index (χ1n) is 10.9. The van der Waals surface area contributed by atoms with E-state index in [4.69, 9.17) is 9.40 Å². The molecule has 2 fully saturated rings. The highest BCUT2D eigenvalue weighted by Gasteiger charge is 2.29. The lowest BCUT2D eigenvalue weighted by atomic mass is 9.97. The number of rotatable bonds is 4. The average Bonchev–Trinajstić information content (AvgIpc) is 3.49. The Morgan fingerprint density at radius 3 is 2.42 bits per heavy atom. The van der Waals surface area contributed by atoms with Crippen LogP contribution in [0.2, 0.25) is 0 Å². The Bertz CT molecular complexity index is 1010. The number of fused-ring (bicyclic) bond motifs is 1. The van der Waals surface area contributed by atoms with Gasteiger partial charge in [-0.3, -0.25) is 14.5 Å². The molecule has 8 heteroatoms. The molecule has 162 valence electrons. The normalized spacial score (nSPS) is 18.6. The molecule has 0 saturated carbocycles. The van der Waals surface area contributed by atoms with Crippen molar-refractivity contribution in [1.29, 1.82) is 0 Å². The molecule has 2 aromatic heterocycles. The maximum atomic E-state index is 12.8. The maximum absolute atomic E-state index is 12.8. The highest BCUT2D eigenvalue weighted by Crippen LogP contribution is 2.33. The Balaban J connectivity index is 1.09. The molecule has 0 atom stereocenters. The van der Waals surface area contributed by atoms with Gasteiger partial charge in [-0.1, -0.05) is 12.1 Å². The van der Waals surface area contributed by atoms with Crippen molar-refractivity contribution in [2.45, 2.75) is 18.8 Å². The van der Waals surface area contributed by atoms with Gasteiger partial charge in [0.1, 0.15) is 0 Å². The van der Waals surface area contributed by atoms with Gasteiger partial charge in [0.05, 0.1) is 28.0 Å². The number of likely N-dealkylation sites (tertiary alicyclic amines) is 1. The number of carbonyl (C=O) groups excluding carboxylic acids is 2.